The number of nitrogens with one attached hydrogen (secondary N) is 1. The summed E-state index contributed by atoms with van der Waals surface area (Å²) in [6, 6.07) is 5.55. The number of halogens is 1. The molecular weight excluding hydrogens is 420 g/mol. The number of ether oxygens (including phenoxy) is 2. The smallest absolute Gasteiger partial charge is 0.227 e. The molecule has 1 saturated heterocycles. The predicted molar refractivity (Wildman–Crippen MR) is 120 cm³/mol. The first kappa shape index (κ1) is 22.8. The Morgan fingerprint density at radius 1 is 1.45 bits per heavy atom. The van der Waals surface area contributed by atoms with Gasteiger partial charge in [0.1, 0.15) is 11.6 Å². The SMILES string of the molecule is CCOC(C=O)=Cc1cnc(N2CCC[C@H]2CO)nc1NCc1ccc(OC)c(Cl)c1. The second kappa shape index (κ2) is 11.0. The summed E-state index contributed by atoms with van der Waals surface area (Å²) in [4.78, 5) is 22.5. The lowest BCUT2D eigenvalue weighted by Crippen LogP contribution is -2.33. The van der Waals surface area contributed by atoms with Crippen LogP contribution in [0, 0.1) is 0 Å². The first-order chi connectivity index (χ1) is 15.1. The van der Waals surface area contributed by atoms with E-state index in [0.717, 1.165) is 24.9 Å². The quantitative estimate of drug-likeness (QED) is 0.326. The molecule has 1 aromatic heterocycles. The van der Waals surface area contributed by atoms with Gasteiger partial charge < -0.3 is 24.8 Å². The lowest BCUT2D eigenvalue weighted by atomic mass is 10.2. The molecule has 3 rings (SSSR count). The van der Waals surface area contributed by atoms with E-state index in [4.69, 9.17) is 26.1 Å². The van der Waals surface area contributed by atoms with Gasteiger partial charge in [0.15, 0.2) is 12.0 Å². The summed E-state index contributed by atoms with van der Waals surface area (Å²) in [7, 11) is 1.57. The van der Waals surface area contributed by atoms with E-state index in [-0.39, 0.29) is 18.4 Å². The number of methoxy groups -OCH3 is 1. The van der Waals surface area contributed by atoms with Gasteiger partial charge in [0.2, 0.25) is 5.95 Å². The summed E-state index contributed by atoms with van der Waals surface area (Å²) in [5.74, 6) is 1.89. The molecule has 0 saturated carbocycles. The zero-order valence-corrected chi connectivity index (χ0v) is 18.4. The number of hydrogen-bond donors (Lipinski definition) is 2. The minimum atomic E-state index is 0.00333. The highest BCUT2D eigenvalue weighted by atomic mass is 35.5. The molecule has 1 aliphatic rings. The van der Waals surface area contributed by atoms with Crippen LogP contribution < -0.4 is 15.0 Å². The van der Waals surface area contributed by atoms with Gasteiger partial charge in [-0.3, -0.25) is 4.79 Å². The molecule has 0 spiro atoms. The summed E-state index contributed by atoms with van der Waals surface area (Å²) < 4.78 is 10.6. The third-order valence-electron chi connectivity index (χ3n) is 5.05. The van der Waals surface area contributed by atoms with Crippen LogP contribution in [0.15, 0.2) is 30.2 Å². The number of aromatic nitrogens is 2. The third-order valence-corrected chi connectivity index (χ3v) is 5.35. The van der Waals surface area contributed by atoms with Gasteiger partial charge in [-0.2, -0.15) is 4.98 Å². The maximum absolute atomic E-state index is 11.3. The number of benzene rings is 1. The first-order valence-electron chi connectivity index (χ1n) is 10.2. The van der Waals surface area contributed by atoms with E-state index in [0.29, 0.717) is 47.5 Å². The third kappa shape index (κ3) is 5.65. The normalized spacial score (nSPS) is 16.3. The average Bonchev–Trinajstić information content (AvgIpc) is 3.27. The Hall–Kier alpha value is -2.84. The van der Waals surface area contributed by atoms with Crippen molar-refractivity contribution in [1.82, 2.24) is 9.97 Å². The maximum Gasteiger partial charge on any atom is 0.227 e. The number of carbonyl (C=O) groups is 1. The monoisotopic (exact) mass is 446 g/mol. The van der Waals surface area contributed by atoms with Gasteiger partial charge in [-0.05, 0) is 43.5 Å². The van der Waals surface area contributed by atoms with Crippen LogP contribution in [-0.2, 0) is 16.1 Å². The number of carbonyl (C=O) groups excluding carboxylic acids is 1. The van der Waals surface area contributed by atoms with Crippen molar-refractivity contribution in [3.63, 3.8) is 0 Å². The van der Waals surface area contributed by atoms with Crippen molar-refractivity contribution in [1.29, 1.82) is 0 Å². The summed E-state index contributed by atoms with van der Waals surface area (Å²) >= 11 is 6.23. The van der Waals surface area contributed by atoms with Crippen molar-refractivity contribution >= 4 is 35.7 Å². The Morgan fingerprint density at radius 2 is 2.29 bits per heavy atom. The molecule has 0 unspecified atom stereocenters. The molecule has 1 atom stereocenters. The fourth-order valence-electron chi connectivity index (χ4n) is 3.49. The maximum atomic E-state index is 11.3. The number of anilines is 2. The van der Waals surface area contributed by atoms with Crippen LogP contribution in [-0.4, -0.2) is 54.3 Å². The molecule has 2 N–H and O–H groups in total. The second-order valence-corrected chi connectivity index (χ2v) is 7.47. The Labute approximate surface area is 186 Å². The Bertz CT molecular complexity index is 938. The van der Waals surface area contributed by atoms with Crippen LogP contribution in [0.25, 0.3) is 6.08 Å². The Morgan fingerprint density at radius 3 is 2.97 bits per heavy atom. The number of nitrogens with zero attached hydrogens (tertiary/aromatic N) is 3. The molecule has 2 heterocycles. The van der Waals surface area contributed by atoms with Crippen molar-refractivity contribution in [2.75, 3.05) is 37.1 Å². The molecule has 1 aromatic carbocycles. The summed E-state index contributed by atoms with van der Waals surface area (Å²) in [5.41, 5.74) is 1.56. The van der Waals surface area contributed by atoms with Crippen LogP contribution in [0.2, 0.25) is 5.02 Å². The zero-order valence-electron chi connectivity index (χ0n) is 17.7. The molecule has 0 bridgehead atoms. The molecule has 9 heteroatoms. The first-order valence-corrected chi connectivity index (χ1v) is 10.6. The van der Waals surface area contributed by atoms with E-state index in [1.165, 1.54) is 0 Å². The molecule has 166 valence electrons. The van der Waals surface area contributed by atoms with E-state index >= 15 is 0 Å². The van der Waals surface area contributed by atoms with Gasteiger partial charge in [-0.25, -0.2) is 4.98 Å². The molecule has 0 amide bonds. The number of aldehydes is 1. The topological polar surface area (TPSA) is 96.8 Å². The van der Waals surface area contributed by atoms with Crippen LogP contribution >= 0.6 is 11.6 Å². The van der Waals surface area contributed by atoms with Crippen molar-refractivity contribution in [3.05, 3.63) is 46.3 Å². The predicted octanol–water partition coefficient (Wildman–Crippen LogP) is 3.29. The van der Waals surface area contributed by atoms with Crippen LogP contribution in [0.4, 0.5) is 11.8 Å². The van der Waals surface area contributed by atoms with Gasteiger partial charge in [-0.1, -0.05) is 17.7 Å². The molecule has 1 fully saturated rings. The minimum Gasteiger partial charge on any atom is -0.495 e. The number of rotatable bonds is 10. The van der Waals surface area contributed by atoms with Gasteiger partial charge in [0.25, 0.3) is 0 Å². The number of aliphatic hydroxyl groups is 1. The number of allylic oxidation sites excluding steroid dienone is 1. The van der Waals surface area contributed by atoms with E-state index in [1.807, 2.05) is 24.0 Å². The van der Waals surface area contributed by atoms with Crippen molar-refractivity contribution < 1.29 is 19.4 Å². The Balaban J connectivity index is 1.90. The lowest BCUT2D eigenvalue weighted by molar-refractivity contribution is -0.107. The van der Waals surface area contributed by atoms with E-state index in [2.05, 4.69) is 10.3 Å². The van der Waals surface area contributed by atoms with Gasteiger partial charge in [0, 0.05) is 24.8 Å². The average molecular weight is 447 g/mol. The second-order valence-electron chi connectivity index (χ2n) is 7.07. The van der Waals surface area contributed by atoms with Gasteiger partial charge >= 0.3 is 0 Å². The molecular formula is C22H27ClN4O4. The molecule has 8 nitrogen and oxygen atoms in total. The fourth-order valence-corrected chi connectivity index (χ4v) is 3.77. The fraction of sp³-hybridized carbons (Fsp3) is 0.409. The standard InChI is InChI=1S/C22H27ClN4O4/c1-3-31-18(14-29)10-16-12-25-22(27-8-4-5-17(27)13-28)26-21(16)24-11-15-6-7-20(30-2)19(23)9-15/h6-7,9-10,12,14,17,28H,3-5,8,11,13H2,1-2H3,(H,24,25,26)/t17-/m0/s1. The van der Waals surface area contributed by atoms with Crippen molar-refractivity contribution in [2.45, 2.75) is 32.4 Å². The van der Waals surface area contributed by atoms with Crippen LogP contribution in [0.5, 0.6) is 5.75 Å². The molecule has 31 heavy (non-hydrogen) atoms. The van der Waals surface area contributed by atoms with E-state index < -0.39 is 0 Å². The highest BCUT2D eigenvalue weighted by Crippen LogP contribution is 2.27. The largest absolute Gasteiger partial charge is 0.495 e. The van der Waals surface area contributed by atoms with Crippen molar-refractivity contribution in [3.8, 4) is 5.75 Å². The van der Waals surface area contributed by atoms with Crippen LogP contribution in [0.1, 0.15) is 30.9 Å². The highest BCUT2D eigenvalue weighted by Gasteiger charge is 2.26. The highest BCUT2D eigenvalue weighted by molar-refractivity contribution is 6.32. The summed E-state index contributed by atoms with van der Waals surface area (Å²) in [6.07, 6.45) is 5.79. The number of aliphatic hydroxyl groups excluding tert-OH is 1. The Kier molecular flexibility index (Phi) is 8.08. The van der Waals surface area contributed by atoms with Gasteiger partial charge in [0.05, 0.1) is 31.4 Å². The molecule has 2 aromatic rings. The summed E-state index contributed by atoms with van der Waals surface area (Å²) in [6.45, 7) is 3.48. The molecule has 0 aliphatic carbocycles. The molecule has 0 radical (unpaired) electrons. The molecule has 1 aliphatic heterocycles. The zero-order chi connectivity index (χ0) is 22.2. The lowest BCUT2D eigenvalue weighted by Gasteiger charge is -2.23. The number of hydrogen-bond acceptors (Lipinski definition) is 8. The minimum absolute atomic E-state index is 0.00333. The summed E-state index contributed by atoms with van der Waals surface area (Å²) in [5, 5.41) is 13.5. The van der Waals surface area contributed by atoms with E-state index in [9.17, 15) is 9.90 Å². The van der Waals surface area contributed by atoms with E-state index in [1.54, 1.807) is 25.4 Å². The van der Waals surface area contributed by atoms with Crippen molar-refractivity contribution in [2.24, 2.45) is 0 Å². The van der Waals surface area contributed by atoms with Gasteiger partial charge in [-0.15, -0.1) is 0 Å². The van der Waals surface area contributed by atoms with Crippen LogP contribution in [0.3, 0.4) is 0 Å².